The molecule has 117 heavy (non-hydrogen) atoms. The largest absolute Gasteiger partial charge is 0.207 e. The number of unbranched alkanes of at least 4 members (excludes halogenated alkanes) is 1. The van der Waals surface area contributed by atoms with E-state index < -0.39 is 398 Å². The standard InChI is InChI=1S/C64BF36.C11H13F4P/c66-29-9-1-5-17(33(29)70)49(86)61(98)53(90)21(5)41(78)37(74)13(1)45(82)57(94)25(9)65(26-10-2-6-18(34(71)30(10)67)50(87)62(99)54(91)22(6)42(79)38(75)14(2)46(83)58(26)95,27-11-3-7-19(35(72)31(11)68)51(88)63(100)55(92)23(7)43(80)39(76)15(3)47(84)59(27)96)28-12-4-8-20(36(73)32(12)69)52(89)64(101)56(93)24(8)44(81)40(77)16(4)48(85)60(28)97;1-3-4-5-16(2)8-6-7(12)9(13)11(15)10(8)14/h;6H,3-5H2,1-2H3/q-1;/p+1. The van der Waals surface area contributed by atoms with Crippen molar-refractivity contribution < 1.29 is 176 Å². The monoisotopic (exact) mass is 1720 g/mol. The van der Waals surface area contributed by atoms with Gasteiger partial charge >= 0.3 is 0 Å². The van der Waals surface area contributed by atoms with Gasteiger partial charge < -0.3 is 0 Å². The molecule has 0 aliphatic carbocycles. The summed E-state index contributed by atoms with van der Waals surface area (Å²) in [5.41, 5.74) is -15.9. The van der Waals surface area contributed by atoms with Gasteiger partial charge in [0.25, 0.3) is 0 Å². The average molecular weight is 1720 g/mol. The lowest BCUT2D eigenvalue weighted by atomic mass is 9.11. The Labute approximate surface area is 615 Å². The van der Waals surface area contributed by atoms with E-state index in [1.807, 2.05) is 6.92 Å². The predicted octanol–water partition coefficient (Wildman–Crippen LogP) is 23.2. The van der Waals surface area contributed by atoms with Gasteiger partial charge in [-0.3, -0.25) is 0 Å². The second-order valence-electron chi connectivity index (χ2n) is 26.6. The van der Waals surface area contributed by atoms with E-state index in [-0.39, 0.29) is 5.30 Å². The Morgan fingerprint density at radius 2 is 0.325 bits per heavy atom. The first-order valence-corrected chi connectivity index (χ1v) is 34.3. The summed E-state index contributed by atoms with van der Waals surface area (Å²) >= 11 is 0. The van der Waals surface area contributed by atoms with Crippen LogP contribution in [0.2, 0.25) is 0 Å². The highest BCUT2D eigenvalue weighted by Gasteiger charge is 2.53. The van der Waals surface area contributed by atoms with Crippen molar-refractivity contribution in [3.8, 4) is 0 Å². The van der Waals surface area contributed by atoms with E-state index in [4.69, 9.17) is 0 Å². The molecular formula is C75H14BF40P. The Morgan fingerprint density at radius 1 is 0.179 bits per heavy atom. The molecule has 0 aromatic heterocycles. The van der Waals surface area contributed by atoms with Crippen molar-refractivity contribution in [2.45, 2.75) is 19.8 Å². The van der Waals surface area contributed by atoms with Crippen molar-refractivity contribution in [2.75, 3.05) is 12.8 Å². The SMILES string of the molecule is CCCC[PH+](C)c1cc(F)c(F)c(F)c1F.Fc1c(F)c2c(F)c(F)c3c(F)c(F)c([B-](c4c(F)c(F)c5c(F)c(F)c6c(F)c(F)c(F)c7c(F)c(F)c4c5c67)(c4c(F)c(F)c5c(F)c(F)c6c(F)c(F)c(F)c7c(F)c(F)c4c5c67)c4c(F)c(F)c5c(F)c(F)c6c(F)c(F)c(F)c7c(F)c(F)c4c5c67)c4c(F)c(F)c(c1F)c2c34. The van der Waals surface area contributed by atoms with E-state index >= 15 is 158 Å². The molecule has 1 unspecified atom stereocenters. The molecule has 0 amide bonds. The third kappa shape index (κ3) is 9.27. The number of hydrogen-bond donors (Lipinski definition) is 0. The second-order valence-corrected chi connectivity index (χ2v) is 29.2. The maximum Gasteiger partial charge on any atom is 0.203 e. The zero-order valence-electron chi connectivity index (χ0n) is 55.4. The van der Waals surface area contributed by atoms with Gasteiger partial charge in [-0.15, -0.1) is 21.9 Å². The van der Waals surface area contributed by atoms with Crippen molar-refractivity contribution in [3.63, 3.8) is 0 Å². The molecule has 602 valence electrons. The van der Waals surface area contributed by atoms with E-state index in [1.165, 1.54) is 0 Å². The van der Waals surface area contributed by atoms with Gasteiger partial charge in [-0.2, -0.15) is 4.39 Å². The molecule has 0 aliphatic rings. The lowest BCUT2D eigenvalue weighted by molar-refractivity contribution is 0.412. The summed E-state index contributed by atoms with van der Waals surface area (Å²) in [6.07, 6.45) is -5.96. The maximum atomic E-state index is 19.3. The summed E-state index contributed by atoms with van der Waals surface area (Å²) in [5.74, 6) is -135. The molecule has 1 atom stereocenters. The first-order chi connectivity index (χ1) is 54.8. The highest BCUT2D eigenvalue weighted by atomic mass is 31.1. The molecular weight excluding hydrogens is 1700 g/mol. The minimum absolute atomic E-state index is 0.00912. The number of benzene rings is 17. The van der Waals surface area contributed by atoms with Crippen LogP contribution in [-0.4, -0.2) is 19.0 Å². The summed E-state index contributed by atoms with van der Waals surface area (Å²) in [7, 11) is -1.34. The Kier molecular flexibility index (Phi) is 17.5. The van der Waals surface area contributed by atoms with Crippen LogP contribution in [0.4, 0.5) is 176 Å². The molecule has 17 aromatic carbocycles. The molecule has 0 heterocycles. The third-order valence-electron chi connectivity index (χ3n) is 21.2. The van der Waals surface area contributed by atoms with Gasteiger partial charge in [0.2, 0.25) is 11.6 Å². The fourth-order valence-electron chi connectivity index (χ4n) is 16.6. The fraction of sp³-hybridized carbons (Fsp3) is 0.0667. The molecule has 0 nitrogen and oxygen atoms in total. The van der Waals surface area contributed by atoms with Crippen LogP contribution in [0, 0.1) is 233 Å². The molecule has 0 spiro atoms. The maximum absolute atomic E-state index is 19.3. The van der Waals surface area contributed by atoms with Gasteiger partial charge in [-0.25, -0.2) is 171 Å². The summed E-state index contributed by atoms with van der Waals surface area (Å²) in [4.78, 5) is 0. The van der Waals surface area contributed by atoms with Crippen molar-refractivity contribution in [1.29, 1.82) is 0 Å². The van der Waals surface area contributed by atoms with Crippen LogP contribution in [0.1, 0.15) is 19.8 Å². The summed E-state index contributed by atoms with van der Waals surface area (Å²) in [6, 6.07) is 0.789. The zero-order chi connectivity index (χ0) is 85.7. The van der Waals surface area contributed by atoms with Crippen molar-refractivity contribution in [3.05, 3.63) is 239 Å². The van der Waals surface area contributed by atoms with Crippen molar-refractivity contribution >= 4 is 170 Å². The average Bonchev–Trinajstić information content (AvgIpc) is 0.646. The van der Waals surface area contributed by atoms with Gasteiger partial charge in [0, 0.05) is 57.1 Å². The minimum atomic E-state index is -8.50. The molecule has 0 fully saturated rings. The third-order valence-corrected chi connectivity index (χ3v) is 23.6. The van der Waals surface area contributed by atoms with Crippen molar-refractivity contribution in [2.24, 2.45) is 0 Å². The molecule has 0 aliphatic heterocycles. The molecule has 17 rings (SSSR count). The van der Waals surface area contributed by atoms with E-state index in [1.54, 1.807) is 6.66 Å². The molecule has 0 radical (unpaired) electrons. The topological polar surface area (TPSA) is 0 Å². The smallest absolute Gasteiger partial charge is 0.203 e. The van der Waals surface area contributed by atoms with Crippen LogP contribution in [0.5, 0.6) is 0 Å². The molecule has 0 saturated carbocycles. The zero-order valence-corrected chi connectivity index (χ0v) is 56.4. The van der Waals surface area contributed by atoms with Gasteiger partial charge in [0.05, 0.1) is 77.5 Å². The molecule has 0 saturated heterocycles. The molecule has 42 heteroatoms. The van der Waals surface area contributed by atoms with Crippen LogP contribution in [0.15, 0.2) is 6.07 Å². The van der Waals surface area contributed by atoms with Crippen LogP contribution < -0.4 is 27.2 Å². The first kappa shape index (κ1) is 79.4. The molecule has 0 bridgehead atoms. The number of hydrogen-bond acceptors (Lipinski definition) is 0. The Hall–Kier alpha value is -11.4. The fourth-order valence-corrected chi connectivity index (χ4v) is 18.6. The van der Waals surface area contributed by atoms with E-state index in [9.17, 15) is 17.6 Å². The van der Waals surface area contributed by atoms with Gasteiger partial charge in [0.15, 0.2) is 198 Å². The summed E-state index contributed by atoms with van der Waals surface area (Å²) in [5, 5.41) is -71.3. The van der Waals surface area contributed by atoms with Gasteiger partial charge in [0.1, 0.15) is 34.7 Å². The summed E-state index contributed by atoms with van der Waals surface area (Å²) < 4.78 is 673. The Morgan fingerprint density at radius 3 is 0.504 bits per heavy atom. The van der Waals surface area contributed by atoms with Crippen LogP contribution in [0.25, 0.3) is 129 Å². The molecule has 17 aromatic rings. The molecule has 0 N–H and O–H groups in total. The normalized spacial score (nSPS) is 12.9. The minimum Gasteiger partial charge on any atom is -0.207 e. The van der Waals surface area contributed by atoms with Crippen LogP contribution >= 0.6 is 7.92 Å². The second kappa shape index (κ2) is 25.8. The van der Waals surface area contributed by atoms with Crippen LogP contribution in [0.3, 0.4) is 0 Å². The highest BCUT2D eigenvalue weighted by molar-refractivity contribution is 7.64. The highest BCUT2D eigenvalue weighted by Crippen LogP contribution is 2.54. The van der Waals surface area contributed by atoms with Crippen LogP contribution in [-0.2, 0) is 0 Å². The van der Waals surface area contributed by atoms with E-state index in [0.717, 1.165) is 25.1 Å². The Balaban J connectivity index is 0.000000575. The van der Waals surface area contributed by atoms with Gasteiger partial charge in [-0.05, 0) is 28.0 Å². The van der Waals surface area contributed by atoms with E-state index in [2.05, 4.69) is 0 Å². The first-order valence-electron chi connectivity index (χ1n) is 32.1. The number of halogens is 40. The van der Waals surface area contributed by atoms with Gasteiger partial charge in [-0.1, -0.05) is 13.3 Å². The quantitative estimate of drug-likeness (QED) is 0.0355. The van der Waals surface area contributed by atoms with Crippen molar-refractivity contribution in [1.82, 2.24) is 0 Å². The van der Waals surface area contributed by atoms with E-state index in [0.29, 0.717) is 0 Å². The summed E-state index contributed by atoms with van der Waals surface area (Å²) in [6.45, 7) is 3.76. The lowest BCUT2D eigenvalue weighted by Gasteiger charge is -2.48. The number of rotatable bonds is 8. The lowest BCUT2D eigenvalue weighted by Crippen LogP contribution is -2.79. The Bertz CT molecular complexity index is 6660. The predicted molar refractivity (Wildman–Crippen MR) is 343 cm³/mol.